The summed E-state index contributed by atoms with van der Waals surface area (Å²) in [6, 6.07) is 10.3. The van der Waals surface area contributed by atoms with Gasteiger partial charge in [0.1, 0.15) is 0 Å². The number of likely N-dealkylation sites (tertiary alicyclic amines) is 1. The normalized spacial score (nSPS) is 19.5. The van der Waals surface area contributed by atoms with Gasteiger partial charge in [0.15, 0.2) is 0 Å². The summed E-state index contributed by atoms with van der Waals surface area (Å²) in [6.07, 6.45) is 2.56. The average Bonchev–Trinajstić information content (AvgIpc) is 2.58. The number of nitrogens with zero attached hydrogens (tertiary/aromatic N) is 3. The molecule has 2 saturated heterocycles. The molecule has 0 aliphatic carbocycles. The fourth-order valence-corrected chi connectivity index (χ4v) is 3.15. The van der Waals surface area contributed by atoms with Crippen molar-refractivity contribution < 1.29 is 9.59 Å². The van der Waals surface area contributed by atoms with Crippen molar-refractivity contribution in [1.29, 1.82) is 0 Å². The summed E-state index contributed by atoms with van der Waals surface area (Å²) in [7, 11) is 0. The first kappa shape index (κ1) is 14.9. The summed E-state index contributed by atoms with van der Waals surface area (Å²) in [5, 5.41) is 0. The molecule has 2 amide bonds. The van der Waals surface area contributed by atoms with E-state index in [9.17, 15) is 9.59 Å². The molecule has 22 heavy (non-hydrogen) atoms. The molecule has 2 aliphatic rings. The molecule has 3 rings (SSSR count). The minimum atomic E-state index is 0.0861. The first-order valence-corrected chi connectivity index (χ1v) is 8.09. The molecule has 118 valence electrons. The fraction of sp³-hybridized carbons (Fsp3) is 0.529. The molecule has 2 heterocycles. The van der Waals surface area contributed by atoms with E-state index in [4.69, 9.17) is 0 Å². The average molecular weight is 301 g/mol. The number of amides is 2. The highest BCUT2D eigenvalue weighted by atomic mass is 16.2. The van der Waals surface area contributed by atoms with Crippen LogP contribution in [0.25, 0.3) is 0 Å². The third kappa shape index (κ3) is 3.40. The maximum atomic E-state index is 12.4. The summed E-state index contributed by atoms with van der Waals surface area (Å²) in [5.74, 6) is 0.213. The molecule has 5 nitrogen and oxygen atoms in total. The highest BCUT2D eigenvalue weighted by Crippen LogP contribution is 2.16. The molecule has 1 aromatic rings. The van der Waals surface area contributed by atoms with Gasteiger partial charge in [0.2, 0.25) is 11.8 Å². The number of benzene rings is 1. The van der Waals surface area contributed by atoms with E-state index in [1.54, 1.807) is 4.90 Å². The maximum Gasteiger partial charge on any atom is 0.242 e. The summed E-state index contributed by atoms with van der Waals surface area (Å²) in [4.78, 5) is 30.1. The van der Waals surface area contributed by atoms with E-state index in [0.29, 0.717) is 6.42 Å². The molecule has 0 saturated carbocycles. The monoisotopic (exact) mass is 301 g/mol. The van der Waals surface area contributed by atoms with E-state index < -0.39 is 0 Å². The number of anilines is 1. The van der Waals surface area contributed by atoms with E-state index in [2.05, 4.69) is 17.0 Å². The Morgan fingerprint density at radius 2 is 1.68 bits per heavy atom. The SMILES string of the molecule is O=C(CN1CCCCC1=O)N1CCN(c2ccccc2)CC1. The molecular weight excluding hydrogens is 278 g/mol. The standard InChI is InChI=1S/C17H23N3O2/c21-16-8-4-5-9-20(16)14-17(22)19-12-10-18(11-13-19)15-6-2-1-3-7-15/h1-3,6-7H,4-5,8-14H2. The van der Waals surface area contributed by atoms with E-state index in [1.165, 1.54) is 5.69 Å². The summed E-state index contributed by atoms with van der Waals surface area (Å²) >= 11 is 0. The van der Waals surface area contributed by atoms with Crippen molar-refractivity contribution in [3.8, 4) is 0 Å². The van der Waals surface area contributed by atoms with Crippen LogP contribution >= 0.6 is 0 Å². The van der Waals surface area contributed by atoms with Crippen LogP contribution in [0.4, 0.5) is 5.69 Å². The van der Waals surface area contributed by atoms with Gasteiger partial charge in [-0.3, -0.25) is 9.59 Å². The second-order valence-electron chi connectivity index (χ2n) is 5.98. The van der Waals surface area contributed by atoms with E-state index in [0.717, 1.165) is 45.6 Å². The van der Waals surface area contributed by atoms with Crippen molar-refractivity contribution in [2.45, 2.75) is 19.3 Å². The van der Waals surface area contributed by atoms with Crippen LogP contribution in [0.5, 0.6) is 0 Å². The Balaban J connectivity index is 1.50. The predicted molar refractivity (Wildman–Crippen MR) is 85.7 cm³/mol. The van der Waals surface area contributed by atoms with Crippen LogP contribution in [0.1, 0.15) is 19.3 Å². The third-order valence-electron chi connectivity index (χ3n) is 4.50. The minimum absolute atomic E-state index is 0.0861. The quantitative estimate of drug-likeness (QED) is 0.846. The Kier molecular flexibility index (Phi) is 4.61. The summed E-state index contributed by atoms with van der Waals surface area (Å²) in [5.41, 5.74) is 1.21. The number of piperazine rings is 1. The first-order valence-electron chi connectivity index (χ1n) is 8.09. The molecule has 0 bridgehead atoms. The molecule has 0 atom stereocenters. The molecule has 0 aromatic heterocycles. The number of hydrogen-bond acceptors (Lipinski definition) is 3. The maximum absolute atomic E-state index is 12.4. The molecule has 1 aromatic carbocycles. The lowest BCUT2D eigenvalue weighted by atomic mass is 10.1. The lowest BCUT2D eigenvalue weighted by Gasteiger charge is -2.37. The number of rotatable bonds is 3. The van der Waals surface area contributed by atoms with Crippen molar-refractivity contribution in [2.75, 3.05) is 44.2 Å². The van der Waals surface area contributed by atoms with Crippen molar-refractivity contribution >= 4 is 17.5 Å². The van der Waals surface area contributed by atoms with Crippen LogP contribution in [-0.2, 0) is 9.59 Å². The van der Waals surface area contributed by atoms with Crippen LogP contribution in [-0.4, -0.2) is 60.9 Å². The highest BCUT2D eigenvalue weighted by Gasteiger charge is 2.25. The Hall–Kier alpha value is -2.04. The van der Waals surface area contributed by atoms with Crippen molar-refractivity contribution in [3.63, 3.8) is 0 Å². The van der Waals surface area contributed by atoms with Crippen molar-refractivity contribution in [3.05, 3.63) is 30.3 Å². The molecule has 0 spiro atoms. The fourth-order valence-electron chi connectivity index (χ4n) is 3.15. The number of carbonyl (C=O) groups is 2. The van der Waals surface area contributed by atoms with Gasteiger partial charge in [-0.1, -0.05) is 18.2 Å². The van der Waals surface area contributed by atoms with E-state index >= 15 is 0 Å². The topological polar surface area (TPSA) is 43.9 Å². The molecule has 5 heteroatoms. The van der Waals surface area contributed by atoms with Crippen LogP contribution in [0.3, 0.4) is 0 Å². The zero-order valence-electron chi connectivity index (χ0n) is 12.9. The molecule has 0 unspecified atom stereocenters. The molecular formula is C17H23N3O2. The van der Waals surface area contributed by atoms with Crippen LogP contribution in [0, 0.1) is 0 Å². The zero-order valence-corrected chi connectivity index (χ0v) is 12.9. The van der Waals surface area contributed by atoms with Crippen molar-refractivity contribution in [2.24, 2.45) is 0 Å². The molecule has 2 fully saturated rings. The number of piperidine rings is 1. The second-order valence-corrected chi connectivity index (χ2v) is 5.98. The minimum Gasteiger partial charge on any atom is -0.368 e. The Morgan fingerprint density at radius 3 is 2.36 bits per heavy atom. The van der Waals surface area contributed by atoms with Gasteiger partial charge in [-0.25, -0.2) is 0 Å². The first-order chi connectivity index (χ1) is 10.7. The van der Waals surface area contributed by atoms with Gasteiger partial charge in [0.05, 0.1) is 6.54 Å². The van der Waals surface area contributed by atoms with E-state index in [-0.39, 0.29) is 18.4 Å². The van der Waals surface area contributed by atoms with Gasteiger partial charge >= 0.3 is 0 Å². The summed E-state index contributed by atoms with van der Waals surface area (Å²) in [6.45, 7) is 4.15. The Bertz CT molecular complexity index is 524. The second kappa shape index (κ2) is 6.81. The Labute approximate surface area is 131 Å². The van der Waals surface area contributed by atoms with Gasteiger partial charge < -0.3 is 14.7 Å². The predicted octanol–water partition coefficient (Wildman–Crippen LogP) is 1.35. The lowest BCUT2D eigenvalue weighted by Crippen LogP contribution is -2.52. The van der Waals surface area contributed by atoms with Gasteiger partial charge in [0, 0.05) is 44.8 Å². The summed E-state index contributed by atoms with van der Waals surface area (Å²) < 4.78 is 0. The van der Waals surface area contributed by atoms with Crippen LogP contribution in [0.2, 0.25) is 0 Å². The van der Waals surface area contributed by atoms with Crippen LogP contribution < -0.4 is 4.90 Å². The molecule has 0 N–H and O–H groups in total. The number of carbonyl (C=O) groups excluding carboxylic acids is 2. The third-order valence-corrected chi connectivity index (χ3v) is 4.50. The largest absolute Gasteiger partial charge is 0.368 e. The van der Waals surface area contributed by atoms with E-state index in [1.807, 2.05) is 23.1 Å². The smallest absolute Gasteiger partial charge is 0.242 e. The molecule has 2 aliphatic heterocycles. The zero-order chi connectivity index (χ0) is 15.4. The lowest BCUT2D eigenvalue weighted by molar-refractivity contribution is -0.142. The number of para-hydroxylation sites is 1. The highest BCUT2D eigenvalue weighted by molar-refractivity contribution is 5.85. The van der Waals surface area contributed by atoms with Gasteiger partial charge in [-0.2, -0.15) is 0 Å². The Morgan fingerprint density at radius 1 is 0.955 bits per heavy atom. The van der Waals surface area contributed by atoms with Gasteiger partial charge in [0.25, 0.3) is 0 Å². The number of hydrogen-bond donors (Lipinski definition) is 0. The van der Waals surface area contributed by atoms with Crippen LogP contribution in [0.15, 0.2) is 30.3 Å². The molecule has 0 radical (unpaired) electrons. The van der Waals surface area contributed by atoms with Gasteiger partial charge in [-0.15, -0.1) is 0 Å². The van der Waals surface area contributed by atoms with Crippen molar-refractivity contribution in [1.82, 2.24) is 9.80 Å². The van der Waals surface area contributed by atoms with Gasteiger partial charge in [-0.05, 0) is 25.0 Å².